The maximum atomic E-state index is 12.7. The van der Waals surface area contributed by atoms with Crippen LogP contribution in [0.2, 0.25) is 0 Å². The Morgan fingerprint density at radius 2 is 2.00 bits per heavy atom. The van der Waals surface area contributed by atoms with Gasteiger partial charge in [-0.3, -0.25) is 9.59 Å². The van der Waals surface area contributed by atoms with Crippen LogP contribution in [0.4, 0.5) is 5.69 Å². The molecule has 1 heterocycles. The van der Waals surface area contributed by atoms with Crippen molar-refractivity contribution >= 4 is 23.5 Å². The van der Waals surface area contributed by atoms with Crippen molar-refractivity contribution in [3.05, 3.63) is 29.3 Å². The molecule has 1 fully saturated rings. The van der Waals surface area contributed by atoms with Crippen molar-refractivity contribution in [3.63, 3.8) is 0 Å². The third-order valence-electron chi connectivity index (χ3n) is 4.16. The number of nitrogens with zero attached hydrogens (tertiary/aromatic N) is 1. The van der Waals surface area contributed by atoms with Gasteiger partial charge >= 0.3 is 5.97 Å². The molecule has 1 unspecified atom stereocenters. The fourth-order valence-corrected chi connectivity index (χ4v) is 2.95. The number of rotatable bonds is 5. The molecule has 2 amide bonds. The SMILES string of the molecule is Cc1cc(C(=O)N2CC(C(=O)O)O[C@H](C)C2)ccc1NC(=O)CC(C)C. The van der Waals surface area contributed by atoms with Crippen molar-refractivity contribution in [1.29, 1.82) is 0 Å². The predicted molar refractivity (Wildman–Crippen MR) is 97.1 cm³/mol. The molecule has 26 heavy (non-hydrogen) atoms. The Labute approximate surface area is 153 Å². The zero-order valence-corrected chi connectivity index (χ0v) is 15.6. The maximum Gasteiger partial charge on any atom is 0.334 e. The number of carbonyl (C=O) groups excluding carboxylic acids is 2. The van der Waals surface area contributed by atoms with Crippen LogP contribution in [-0.4, -0.2) is 53.1 Å². The number of morpholine rings is 1. The van der Waals surface area contributed by atoms with Crippen LogP contribution < -0.4 is 5.32 Å². The second kappa shape index (κ2) is 8.31. The molecule has 1 aromatic carbocycles. The van der Waals surface area contributed by atoms with Gasteiger partial charge in [0, 0.05) is 24.2 Å². The van der Waals surface area contributed by atoms with Gasteiger partial charge in [0.2, 0.25) is 5.91 Å². The van der Waals surface area contributed by atoms with Gasteiger partial charge in [-0.1, -0.05) is 13.8 Å². The summed E-state index contributed by atoms with van der Waals surface area (Å²) in [5.74, 6) is -1.11. The molecule has 0 aromatic heterocycles. The summed E-state index contributed by atoms with van der Waals surface area (Å²) in [6.07, 6.45) is -0.926. The molecule has 0 radical (unpaired) electrons. The summed E-state index contributed by atoms with van der Waals surface area (Å²) in [6.45, 7) is 7.88. The third kappa shape index (κ3) is 5.05. The van der Waals surface area contributed by atoms with Crippen molar-refractivity contribution in [2.45, 2.75) is 46.3 Å². The van der Waals surface area contributed by atoms with Gasteiger partial charge in [0.1, 0.15) is 0 Å². The minimum absolute atomic E-state index is 0.0183. The van der Waals surface area contributed by atoms with Gasteiger partial charge in [-0.2, -0.15) is 0 Å². The fourth-order valence-electron chi connectivity index (χ4n) is 2.95. The normalized spacial score (nSPS) is 20.1. The molecule has 0 bridgehead atoms. The van der Waals surface area contributed by atoms with Gasteiger partial charge in [0.25, 0.3) is 5.91 Å². The van der Waals surface area contributed by atoms with E-state index in [4.69, 9.17) is 9.84 Å². The van der Waals surface area contributed by atoms with E-state index in [1.54, 1.807) is 25.1 Å². The lowest BCUT2D eigenvalue weighted by Gasteiger charge is -2.35. The van der Waals surface area contributed by atoms with Crippen molar-refractivity contribution in [2.75, 3.05) is 18.4 Å². The van der Waals surface area contributed by atoms with Gasteiger partial charge in [-0.15, -0.1) is 0 Å². The molecule has 2 atom stereocenters. The number of nitrogens with one attached hydrogen (secondary N) is 1. The molecule has 7 heteroatoms. The van der Waals surface area contributed by atoms with E-state index in [1.165, 1.54) is 4.90 Å². The number of aryl methyl sites for hydroxylation is 1. The standard InChI is InChI=1S/C19H26N2O5/c1-11(2)7-17(22)20-15-6-5-14(8-12(15)3)18(23)21-9-13(4)26-16(10-21)19(24)25/h5-6,8,11,13,16H,7,9-10H2,1-4H3,(H,20,22)(H,24,25)/t13-,16?/m1/s1. The van der Waals surface area contributed by atoms with Crippen LogP contribution in [0.3, 0.4) is 0 Å². The minimum atomic E-state index is -1.08. The number of carbonyl (C=O) groups is 3. The third-order valence-corrected chi connectivity index (χ3v) is 4.16. The zero-order chi connectivity index (χ0) is 19.4. The Kier molecular flexibility index (Phi) is 6.37. The highest BCUT2D eigenvalue weighted by atomic mass is 16.5. The number of ether oxygens (including phenoxy) is 1. The molecule has 2 rings (SSSR count). The monoisotopic (exact) mass is 362 g/mol. The summed E-state index contributed by atoms with van der Waals surface area (Å²) in [5, 5.41) is 12.0. The minimum Gasteiger partial charge on any atom is -0.479 e. The first-order valence-electron chi connectivity index (χ1n) is 8.75. The predicted octanol–water partition coefficient (Wildman–Crippen LogP) is 2.29. The molecule has 0 spiro atoms. The summed E-state index contributed by atoms with van der Waals surface area (Å²) in [5.41, 5.74) is 1.91. The average molecular weight is 362 g/mol. The Morgan fingerprint density at radius 1 is 1.31 bits per heavy atom. The van der Waals surface area contributed by atoms with Gasteiger partial charge in [-0.05, 0) is 43.5 Å². The van der Waals surface area contributed by atoms with Crippen molar-refractivity contribution in [2.24, 2.45) is 5.92 Å². The highest BCUT2D eigenvalue weighted by molar-refractivity contribution is 5.97. The van der Waals surface area contributed by atoms with Crippen molar-refractivity contribution in [3.8, 4) is 0 Å². The van der Waals surface area contributed by atoms with Crippen LogP contribution in [0.15, 0.2) is 18.2 Å². The average Bonchev–Trinajstić information content (AvgIpc) is 2.54. The fraction of sp³-hybridized carbons (Fsp3) is 0.526. The molecular weight excluding hydrogens is 336 g/mol. The molecular formula is C19H26N2O5. The van der Waals surface area contributed by atoms with Crippen LogP contribution in [0.5, 0.6) is 0 Å². The first-order valence-corrected chi connectivity index (χ1v) is 8.75. The first-order chi connectivity index (χ1) is 12.2. The molecule has 1 aliphatic rings. The Bertz CT molecular complexity index is 701. The summed E-state index contributed by atoms with van der Waals surface area (Å²) in [7, 11) is 0. The lowest BCUT2D eigenvalue weighted by Crippen LogP contribution is -2.51. The number of carboxylic acids is 1. The zero-order valence-electron chi connectivity index (χ0n) is 15.6. The van der Waals surface area contributed by atoms with Gasteiger partial charge in [0.15, 0.2) is 6.10 Å². The number of aliphatic carboxylic acids is 1. The van der Waals surface area contributed by atoms with Gasteiger partial charge in [-0.25, -0.2) is 4.79 Å². The van der Waals surface area contributed by atoms with Crippen LogP contribution in [0.25, 0.3) is 0 Å². The van der Waals surface area contributed by atoms with E-state index in [2.05, 4.69) is 5.32 Å². The summed E-state index contributed by atoms with van der Waals surface area (Å²) < 4.78 is 5.34. The molecule has 0 saturated carbocycles. The number of anilines is 1. The van der Waals surface area contributed by atoms with Crippen LogP contribution in [0.1, 0.15) is 43.1 Å². The highest BCUT2D eigenvalue weighted by Gasteiger charge is 2.33. The Balaban J connectivity index is 2.11. The highest BCUT2D eigenvalue weighted by Crippen LogP contribution is 2.20. The quantitative estimate of drug-likeness (QED) is 0.838. The Morgan fingerprint density at radius 3 is 2.58 bits per heavy atom. The van der Waals surface area contributed by atoms with E-state index in [1.807, 2.05) is 20.8 Å². The van der Waals surface area contributed by atoms with E-state index >= 15 is 0 Å². The van der Waals surface area contributed by atoms with Crippen LogP contribution in [0, 0.1) is 12.8 Å². The molecule has 2 N–H and O–H groups in total. The van der Waals surface area contributed by atoms with E-state index in [0.29, 0.717) is 24.2 Å². The summed E-state index contributed by atoms with van der Waals surface area (Å²) in [4.78, 5) is 37.3. The van der Waals surface area contributed by atoms with Crippen LogP contribution >= 0.6 is 0 Å². The lowest BCUT2D eigenvalue weighted by atomic mass is 10.1. The number of hydrogen-bond acceptors (Lipinski definition) is 4. The van der Waals surface area contributed by atoms with Crippen molar-refractivity contribution < 1.29 is 24.2 Å². The largest absolute Gasteiger partial charge is 0.479 e. The smallest absolute Gasteiger partial charge is 0.334 e. The number of benzene rings is 1. The maximum absolute atomic E-state index is 12.7. The van der Waals surface area contributed by atoms with Gasteiger partial charge < -0.3 is 20.1 Å². The number of carboxylic acid groups (broad SMARTS) is 1. The molecule has 1 aliphatic heterocycles. The lowest BCUT2D eigenvalue weighted by molar-refractivity contribution is -0.160. The molecule has 0 aliphatic carbocycles. The van der Waals surface area contributed by atoms with Crippen molar-refractivity contribution in [1.82, 2.24) is 4.90 Å². The second-order valence-electron chi connectivity index (χ2n) is 7.16. The number of amides is 2. The molecule has 1 aromatic rings. The van der Waals surface area contributed by atoms with E-state index in [9.17, 15) is 14.4 Å². The van der Waals surface area contributed by atoms with E-state index < -0.39 is 12.1 Å². The molecule has 7 nitrogen and oxygen atoms in total. The summed E-state index contributed by atoms with van der Waals surface area (Å²) in [6, 6.07) is 5.07. The number of hydrogen-bond donors (Lipinski definition) is 2. The van der Waals surface area contributed by atoms with E-state index in [-0.39, 0.29) is 30.4 Å². The second-order valence-corrected chi connectivity index (χ2v) is 7.16. The van der Waals surface area contributed by atoms with Gasteiger partial charge in [0.05, 0.1) is 12.6 Å². The van der Waals surface area contributed by atoms with E-state index in [0.717, 1.165) is 5.56 Å². The van der Waals surface area contributed by atoms with Crippen LogP contribution in [-0.2, 0) is 14.3 Å². The Hall–Kier alpha value is -2.41. The summed E-state index contributed by atoms with van der Waals surface area (Å²) >= 11 is 0. The first kappa shape index (κ1) is 19.9. The molecule has 1 saturated heterocycles. The molecule has 142 valence electrons. The topological polar surface area (TPSA) is 95.9 Å².